The van der Waals surface area contributed by atoms with E-state index in [1.165, 1.54) is 12.8 Å². The van der Waals surface area contributed by atoms with Gasteiger partial charge < -0.3 is 11.1 Å². The van der Waals surface area contributed by atoms with Crippen LogP contribution >= 0.6 is 0 Å². The van der Waals surface area contributed by atoms with Crippen molar-refractivity contribution in [2.24, 2.45) is 11.7 Å². The van der Waals surface area contributed by atoms with Gasteiger partial charge in [-0.25, -0.2) is 4.79 Å². The van der Waals surface area contributed by atoms with Gasteiger partial charge in [0.2, 0.25) is 5.91 Å². The normalized spacial score (nSPS) is 27.1. The highest BCUT2D eigenvalue weighted by atomic mass is 16.2. The van der Waals surface area contributed by atoms with Crippen LogP contribution in [0.1, 0.15) is 32.6 Å². The molecule has 2 unspecified atom stereocenters. The lowest BCUT2D eigenvalue weighted by Gasteiger charge is -2.37. The summed E-state index contributed by atoms with van der Waals surface area (Å²) >= 11 is 0. The lowest BCUT2D eigenvalue weighted by Crippen LogP contribution is -2.51. The van der Waals surface area contributed by atoms with Gasteiger partial charge in [0, 0.05) is 6.04 Å². The number of likely N-dealkylation sites (tertiary alicyclic amines) is 1. The van der Waals surface area contributed by atoms with Gasteiger partial charge in [-0.3, -0.25) is 15.0 Å². The second-order valence-corrected chi connectivity index (χ2v) is 5.61. The van der Waals surface area contributed by atoms with Crippen LogP contribution in [0.3, 0.4) is 0 Å². The van der Waals surface area contributed by atoms with Gasteiger partial charge in [0.15, 0.2) is 0 Å². The Morgan fingerprint density at radius 1 is 1.32 bits per heavy atom. The van der Waals surface area contributed by atoms with Crippen molar-refractivity contribution in [1.82, 2.24) is 15.5 Å². The number of nitrogens with one attached hydrogen (secondary N) is 2. The Hall–Kier alpha value is -1.14. The van der Waals surface area contributed by atoms with Crippen molar-refractivity contribution in [2.45, 2.75) is 44.7 Å². The van der Waals surface area contributed by atoms with Crippen molar-refractivity contribution in [3.63, 3.8) is 0 Å². The number of carbonyl (C=O) groups is 2. The van der Waals surface area contributed by atoms with Crippen molar-refractivity contribution in [2.75, 3.05) is 19.6 Å². The summed E-state index contributed by atoms with van der Waals surface area (Å²) in [6.07, 6.45) is 4.79. The summed E-state index contributed by atoms with van der Waals surface area (Å²) in [5.41, 5.74) is 4.97. The van der Waals surface area contributed by atoms with Crippen LogP contribution < -0.4 is 16.4 Å². The van der Waals surface area contributed by atoms with Crippen molar-refractivity contribution < 1.29 is 9.59 Å². The zero-order chi connectivity index (χ0) is 13.8. The van der Waals surface area contributed by atoms with E-state index >= 15 is 0 Å². The highest BCUT2D eigenvalue weighted by molar-refractivity contribution is 5.96. The summed E-state index contributed by atoms with van der Waals surface area (Å²) in [6.45, 7) is 4.79. The molecule has 2 aliphatic rings. The molecule has 2 heterocycles. The molecule has 0 bridgehead atoms. The number of hydrogen-bond donors (Lipinski definition) is 3. The minimum absolute atomic E-state index is 0.287. The van der Waals surface area contributed by atoms with Crippen molar-refractivity contribution in [3.8, 4) is 0 Å². The number of carbonyl (C=O) groups excluding carboxylic acids is 2. The fourth-order valence-electron chi connectivity index (χ4n) is 3.21. The van der Waals surface area contributed by atoms with Gasteiger partial charge >= 0.3 is 6.03 Å². The maximum absolute atomic E-state index is 11.7. The van der Waals surface area contributed by atoms with Gasteiger partial charge in [-0.1, -0.05) is 0 Å². The van der Waals surface area contributed by atoms with E-state index in [1.54, 1.807) is 0 Å². The van der Waals surface area contributed by atoms with Gasteiger partial charge in [0.1, 0.15) is 0 Å². The second kappa shape index (κ2) is 6.34. The van der Waals surface area contributed by atoms with Crippen LogP contribution in [0.2, 0.25) is 0 Å². The molecule has 6 heteroatoms. The first-order chi connectivity index (χ1) is 9.08. The predicted octanol–water partition coefficient (Wildman–Crippen LogP) is 0.0338. The number of primary amides is 1. The number of nitrogens with zero attached hydrogens (tertiary/aromatic N) is 1. The monoisotopic (exact) mass is 268 g/mol. The number of urea groups is 1. The largest absolute Gasteiger partial charge is 0.351 e. The molecule has 0 spiro atoms. The molecule has 108 valence electrons. The molecule has 0 radical (unpaired) electrons. The molecular weight excluding hydrogens is 244 g/mol. The topological polar surface area (TPSA) is 87.5 Å². The average Bonchev–Trinajstić information content (AvgIpc) is 2.91. The fourth-order valence-corrected chi connectivity index (χ4v) is 3.21. The molecule has 0 saturated carbocycles. The van der Waals surface area contributed by atoms with Crippen LogP contribution in [0.15, 0.2) is 0 Å². The lowest BCUT2D eigenvalue weighted by molar-refractivity contribution is -0.125. The first-order valence-electron chi connectivity index (χ1n) is 7.15. The van der Waals surface area contributed by atoms with Gasteiger partial charge in [0.25, 0.3) is 0 Å². The molecule has 0 aromatic carbocycles. The maximum atomic E-state index is 11.7. The van der Waals surface area contributed by atoms with Gasteiger partial charge in [-0.2, -0.15) is 0 Å². The third-order valence-electron chi connectivity index (χ3n) is 4.42. The molecule has 2 fully saturated rings. The molecule has 19 heavy (non-hydrogen) atoms. The zero-order valence-corrected chi connectivity index (χ0v) is 11.5. The smallest absolute Gasteiger partial charge is 0.318 e. The quantitative estimate of drug-likeness (QED) is 0.674. The van der Waals surface area contributed by atoms with E-state index in [4.69, 9.17) is 5.73 Å². The molecule has 2 atom stereocenters. The third kappa shape index (κ3) is 3.67. The number of rotatable bonds is 3. The summed E-state index contributed by atoms with van der Waals surface area (Å²) in [5, 5.41) is 5.71. The fraction of sp³-hybridized carbons (Fsp3) is 0.846. The van der Waals surface area contributed by atoms with Crippen LogP contribution in [-0.2, 0) is 4.79 Å². The van der Waals surface area contributed by atoms with Crippen LogP contribution in [-0.4, -0.2) is 48.6 Å². The molecule has 2 saturated heterocycles. The minimum atomic E-state index is -0.776. The van der Waals surface area contributed by atoms with E-state index in [1.807, 2.05) is 6.92 Å². The van der Waals surface area contributed by atoms with Crippen LogP contribution in [0.4, 0.5) is 4.79 Å². The van der Waals surface area contributed by atoms with Gasteiger partial charge in [-0.05, 0) is 58.2 Å². The second-order valence-electron chi connectivity index (χ2n) is 5.61. The molecular formula is C13H24N4O2. The van der Waals surface area contributed by atoms with Crippen molar-refractivity contribution in [3.05, 3.63) is 0 Å². The molecule has 2 aliphatic heterocycles. The number of imide groups is 1. The summed E-state index contributed by atoms with van der Waals surface area (Å²) in [5.74, 6) is 0.426. The predicted molar refractivity (Wildman–Crippen MR) is 72.5 cm³/mol. The molecule has 0 aliphatic carbocycles. The van der Waals surface area contributed by atoms with E-state index in [9.17, 15) is 9.59 Å². The summed E-state index contributed by atoms with van der Waals surface area (Å²) in [6, 6.07) is -0.399. The maximum Gasteiger partial charge on any atom is 0.318 e. The van der Waals surface area contributed by atoms with E-state index < -0.39 is 6.03 Å². The number of nitrogens with two attached hydrogens (primary N) is 1. The zero-order valence-electron chi connectivity index (χ0n) is 11.5. The minimum Gasteiger partial charge on any atom is -0.351 e. The molecule has 4 N–H and O–H groups in total. The van der Waals surface area contributed by atoms with Crippen molar-refractivity contribution in [1.29, 1.82) is 0 Å². The van der Waals surface area contributed by atoms with E-state index in [2.05, 4.69) is 15.5 Å². The highest BCUT2D eigenvalue weighted by Crippen LogP contribution is 2.26. The Morgan fingerprint density at radius 3 is 2.53 bits per heavy atom. The molecule has 0 aromatic heterocycles. The van der Waals surface area contributed by atoms with Gasteiger partial charge in [0.05, 0.1) is 6.04 Å². The molecule has 2 rings (SSSR count). The van der Waals surface area contributed by atoms with E-state index in [-0.39, 0.29) is 11.9 Å². The van der Waals surface area contributed by atoms with Crippen molar-refractivity contribution >= 4 is 11.9 Å². The summed E-state index contributed by atoms with van der Waals surface area (Å²) in [7, 11) is 0. The Labute approximate surface area is 114 Å². The lowest BCUT2D eigenvalue weighted by atomic mass is 9.88. The Kier molecular flexibility index (Phi) is 4.76. The molecule has 0 aromatic rings. The Bertz CT molecular complexity index is 334. The summed E-state index contributed by atoms with van der Waals surface area (Å²) < 4.78 is 0. The molecule has 6 nitrogen and oxygen atoms in total. The van der Waals surface area contributed by atoms with Crippen LogP contribution in [0, 0.1) is 5.92 Å². The van der Waals surface area contributed by atoms with Crippen LogP contribution in [0.25, 0.3) is 0 Å². The average molecular weight is 268 g/mol. The Balaban J connectivity index is 1.78. The number of hydrogen-bond acceptors (Lipinski definition) is 4. The van der Waals surface area contributed by atoms with Gasteiger partial charge in [-0.15, -0.1) is 0 Å². The standard InChI is InChI=1S/C13H24N4O2/c1-9(12(18)16-13(14)19)17-7-4-10(5-8-17)11-3-2-6-15-11/h9-11,15H,2-8H2,1H3,(H3,14,16,18,19). The van der Waals surface area contributed by atoms with E-state index in [0.29, 0.717) is 6.04 Å². The number of amides is 3. The summed E-state index contributed by atoms with van der Waals surface area (Å²) in [4.78, 5) is 24.5. The number of piperidine rings is 1. The van der Waals surface area contributed by atoms with Crippen LogP contribution in [0.5, 0.6) is 0 Å². The molecule has 3 amide bonds. The third-order valence-corrected chi connectivity index (χ3v) is 4.42. The Morgan fingerprint density at radius 2 is 2.00 bits per heavy atom. The first-order valence-corrected chi connectivity index (χ1v) is 7.15. The SMILES string of the molecule is CC(C(=O)NC(N)=O)N1CCC(C2CCCN2)CC1. The first kappa shape index (κ1) is 14.3. The van der Waals surface area contributed by atoms with E-state index in [0.717, 1.165) is 38.4 Å². The highest BCUT2D eigenvalue weighted by Gasteiger charge is 2.31.